The summed E-state index contributed by atoms with van der Waals surface area (Å²) in [6, 6.07) is -0.445. The zero-order valence-corrected chi connectivity index (χ0v) is 9.19. The Balaban J connectivity index is 3.12. The molecule has 0 saturated carbocycles. The molecule has 5 heteroatoms. The standard InChI is InChI=1S/C11H12N2O3/c1-11(2)4-9(16)3-8(5-12-6-14)10(11)13-7-15/h3,10H,4-5H2,1-2H3. The number of carbonyl (C=O) groups excluding carboxylic acids is 3. The Kier molecular flexibility index (Phi) is 3.67. The molecule has 0 amide bonds. The number of allylic oxidation sites excluding steroid dienone is 1. The SMILES string of the molecule is CC1(C)CC(=O)C=C(CN=C=O)C1N=C=O. The molecule has 0 aromatic rings. The van der Waals surface area contributed by atoms with Gasteiger partial charge in [0.05, 0.1) is 12.6 Å². The van der Waals surface area contributed by atoms with Crippen LogP contribution in [-0.4, -0.2) is 30.5 Å². The van der Waals surface area contributed by atoms with E-state index in [1.54, 1.807) is 0 Å². The van der Waals surface area contributed by atoms with Gasteiger partial charge in [-0.15, -0.1) is 0 Å². The third-order valence-electron chi connectivity index (χ3n) is 2.58. The molecule has 5 nitrogen and oxygen atoms in total. The Bertz CT molecular complexity index is 425. The molecule has 0 saturated heterocycles. The van der Waals surface area contributed by atoms with Crippen LogP contribution in [0, 0.1) is 5.41 Å². The van der Waals surface area contributed by atoms with Crippen molar-refractivity contribution in [1.82, 2.24) is 0 Å². The van der Waals surface area contributed by atoms with Crippen LogP contribution in [0.4, 0.5) is 0 Å². The molecular formula is C11H12N2O3. The Hall–Kier alpha value is -1.83. The molecule has 0 radical (unpaired) electrons. The van der Waals surface area contributed by atoms with Crippen molar-refractivity contribution in [3.8, 4) is 0 Å². The lowest BCUT2D eigenvalue weighted by molar-refractivity contribution is -0.117. The Morgan fingerprint density at radius 1 is 1.44 bits per heavy atom. The van der Waals surface area contributed by atoms with Crippen molar-refractivity contribution in [2.24, 2.45) is 15.4 Å². The smallest absolute Gasteiger partial charge is 0.235 e. The summed E-state index contributed by atoms with van der Waals surface area (Å²) in [4.78, 5) is 38.9. The van der Waals surface area contributed by atoms with E-state index in [4.69, 9.17) is 0 Å². The van der Waals surface area contributed by atoms with E-state index in [-0.39, 0.29) is 12.3 Å². The van der Waals surface area contributed by atoms with Gasteiger partial charge in [0.2, 0.25) is 12.2 Å². The number of hydrogen-bond donors (Lipinski definition) is 0. The van der Waals surface area contributed by atoms with Crippen molar-refractivity contribution in [3.05, 3.63) is 11.6 Å². The highest BCUT2D eigenvalue weighted by Crippen LogP contribution is 2.36. The quantitative estimate of drug-likeness (QED) is 0.525. The molecule has 1 rings (SSSR count). The highest BCUT2D eigenvalue weighted by atomic mass is 16.1. The minimum atomic E-state index is -0.447. The number of nitrogens with zero attached hydrogens (tertiary/aromatic N) is 2. The Morgan fingerprint density at radius 2 is 2.12 bits per heavy atom. The van der Waals surface area contributed by atoms with E-state index < -0.39 is 11.5 Å². The zero-order chi connectivity index (χ0) is 12.2. The van der Waals surface area contributed by atoms with Gasteiger partial charge in [-0.3, -0.25) is 4.79 Å². The van der Waals surface area contributed by atoms with E-state index in [0.29, 0.717) is 12.0 Å². The van der Waals surface area contributed by atoms with Crippen LogP contribution < -0.4 is 0 Å². The van der Waals surface area contributed by atoms with Crippen LogP contribution in [-0.2, 0) is 14.4 Å². The fourth-order valence-corrected chi connectivity index (χ4v) is 1.95. The highest BCUT2D eigenvalue weighted by Gasteiger charge is 2.37. The predicted molar refractivity (Wildman–Crippen MR) is 56.4 cm³/mol. The molecule has 0 aliphatic heterocycles. The first kappa shape index (κ1) is 12.2. The molecule has 16 heavy (non-hydrogen) atoms. The van der Waals surface area contributed by atoms with Crippen LogP contribution in [0.15, 0.2) is 21.6 Å². The van der Waals surface area contributed by atoms with Crippen molar-refractivity contribution >= 4 is 17.9 Å². The minimum absolute atomic E-state index is 0.0431. The molecule has 1 unspecified atom stereocenters. The van der Waals surface area contributed by atoms with E-state index in [9.17, 15) is 14.4 Å². The summed E-state index contributed by atoms with van der Waals surface area (Å²) in [5, 5.41) is 0. The summed E-state index contributed by atoms with van der Waals surface area (Å²) in [6.45, 7) is 3.73. The summed E-state index contributed by atoms with van der Waals surface area (Å²) < 4.78 is 0. The summed E-state index contributed by atoms with van der Waals surface area (Å²) in [5.74, 6) is -0.0431. The summed E-state index contributed by atoms with van der Waals surface area (Å²) in [7, 11) is 0. The van der Waals surface area contributed by atoms with Crippen LogP contribution in [0.2, 0.25) is 0 Å². The normalized spacial score (nSPS) is 22.8. The van der Waals surface area contributed by atoms with Gasteiger partial charge in [0, 0.05) is 6.42 Å². The topological polar surface area (TPSA) is 75.9 Å². The molecule has 0 bridgehead atoms. The van der Waals surface area contributed by atoms with Crippen LogP contribution in [0.5, 0.6) is 0 Å². The molecule has 1 aliphatic rings. The van der Waals surface area contributed by atoms with E-state index in [1.807, 2.05) is 13.8 Å². The molecule has 1 atom stereocenters. The van der Waals surface area contributed by atoms with Gasteiger partial charge >= 0.3 is 0 Å². The second-order valence-electron chi connectivity index (χ2n) is 4.38. The van der Waals surface area contributed by atoms with Crippen LogP contribution in [0.3, 0.4) is 0 Å². The van der Waals surface area contributed by atoms with E-state index in [0.717, 1.165) is 0 Å². The molecule has 0 heterocycles. The van der Waals surface area contributed by atoms with Gasteiger partial charge < -0.3 is 0 Å². The van der Waals surface area contributed by atoms with Gasteiger partial charge in [0.1, 0.15) is 0 Å². The van der Waals surface area contributed by atoms with Gasteiger partial charge in [-0.05, 0) is 17.1 Å². The fourth-order valence-electron chi connectivity index (χ4n) is 1.95. The fraction of sp³-hybridized carbons (Fsp3) is 0.545. The number of carbonyl (C=O) groups is 1. The van der Waals surface area contributed by atoms with E-state index in [1.165, 1.54) is 18.2 Å². The first-order chi connectivity index (χ1) is 7.51. The van der Waals surface area contributed by atoms with Crippen LogP contribution in [0.1, 0.15) is 20.3 Å². The van der Waals surface area contributed by atoms with Crippen molar-refractivity contribution in [3.63, 3.8) is 0 Å². The number of rotatable bonds is 3. The lowest BCUT2D eigenvalue weighted by atomic mass is 9.72. The van der Waals surface area contributed by atoms with Gasteiger partial charge in [-0.2, -0.15) is 4.99 Å². The van der Waals surface area contributed by atoms with Gasteiger partial charge in [-0.1, -0.05) is 13.8 Å². The van der Waals surface area contributed by atoms with Crippen LogP contribution in [0.25, 0.3) is 0 Å². The summed E-state index contributed by atoms with van der Waals surface area (Å²) in [5.41, 5.74) is 0.115. The number of hydrogen-bond acceptors (Lipinski definition) is 5. The molecular weight excluding hydrogens is 208 g/mol. The molecule has 0 fully saturated rings. The maximum Gasteiger partial charge on any atom is 0.235 e. The Labute approximate surface area is 93.0 Å². The van der Waals surface area contributed by atoms with Gasteiger partial charge in [0.15, 0.2) is 5.78 Å². The first-order valence-corrected chi connectivity index (χ1v) is 4.85. The average molecular weight is 220 g/mol. The Morgan fingerprint density at radius 3 is 2.69 bits per heavy atom. The van der Waals surface area contributed by atoms with Crippen molar-refractivity contribution < 1.29 is 14.4 Å². The largest absolute Gasteiger partial charge is 0.295 e. The highest BCUT2D eigenvalue weighted by molar-refractivity contribution is 5.92. The van der Waals surface area contributed by atoms with Crippen molar-refractivity contribution in [2.45, 2.75) is 26.3 Å². The third kappa shape index (κ3) is 2.60. The molecule has 0 aromatic carbocycles. The molecule has 1 aliphatic carbocycles. The van der Waals surface area contributed by atoms with Crippen molar-refractivity contribution in [2.75, 3.05) is 6.54 Å². The maximum absolute atomic E-state index is 11.4. The second-order valence-corrected chi connectivity index (χ2v) is 4.38. The molecule has 0 aromatic heterocycles. The molecule has 0 N–H and O–H groups in total. The average Bonchev–Trinajstić information content (AvgIpc) is 2.18. The first-order valence-electron chi connectivity index (χ1n) is 4.85. The predicted octanol–water partition coefficient (Wildman–Crippen LogP) is 0.952. The molecule has 84 valence electrons. The second kappa shape index (κ2) is 4.79. The minimum Gasteiger partial charge on any atom is -0.295 e. The van der Waals surface area contributed by atoms with Gasteiger partial charge in [0.25, 0.3) is 0 Å². The van der Waals surface area contributed by atoms with Crippen LogP contribution >= 0.6 is 0 Å². The lowest BCUT2D eigenvalue weighted by Crippen LogP contribution is -2.36. The van der Waals surface area contributed by atoms with E-state index in [2.05, 4.69) is 9.98 Å². The number of aliphatic imine (C=N–C) groups is 2. The van der Waals surface area contributed by atoms with Crippen molar-refractivity contribution in [1.29, 1.82) is 0 Å². The summed E-state index contributed by atoms with van der Waals surface area (Å²) >= 11 is 0. The number of isocyanates is 2. The summed E-state index contributed by atoms with van der Waals surface area (Å²) in [6.07, 6.45) is 4.62. The van der Waals surface area contributed by atoms with E-state index >= 15 is 0 Å². The lowest BCUT2D eigenvalue weighted by Gasteiger charge is -2.34. The number of ketones is 1. The zero-order valence-electron chi connectivity index (χ0n) is 9.19. The molecule has 0 spiro atoms. The monoisotopic (exact) mass is 220 g/mol. The third-order valence-corrected chi connectivity index (χ3v) is 2.58. The van der Waals surface area contributed by atoms with Gasteiger partial charge in [-0.25, -0.2) is 14.6 Å². The maximum atomic E-state index is 11.4.